The largest absolute Gasteiger partial charge is 0.497 e. The fraction of sp³-hybridized carbons (Fsp3) is 0.364. The number of hydrogen-bond donors (Lipinski definition) is 1. The topological polar surface area (TPSA) is 76.1 Å². The first-order valence-electron chi connectivity index (χ1n) is 9.41. The summed E-state index contributed by atoms with van der Waals surface area (Å²) in [6.45, 7) is 1.13. The van der Waals surface area contributed by atoms with Crippen LogP contribution in [0.3, 0.4) is 0 Å². The first kappa shape index (κ1) is 19.7. The Bertz CT molecular complexity index is 790. The number of likely N-dealkylation sites (tertiary alicyclic amines) is 1. The third kappa shape index (κ3) is 4.82. The van der Waals surface area contributed by atoms with E-state index in [1.54, 1.807) is 12.0 Å². The molecule has 1 aliphatic heterocycles. The molecule has 1 amide bonds. The Balaban J connectivity index is 1.49. The third-order valence-electron chi connectivity index (χ3n) is 5.08. The summed E-state index contributed by atoms with van der Waals surface area (Å²) in [4.78, 5) is 25.9. The van der Waals surface area contributed by atoms with Crippen LogP contribution >= 0.6 is 0 Å². The number of nitrogens with zero attached hydrogens (tertiary/aromatic N) is 1. The van der Waals surface area contributed by atoms with Crippen LogP contribution in [0.4, 0.5) is 0 Å². The smallest absolute Gasteiger partial charge is 0.308 e. The second kappa shape index (κ2) is 9.26. The first-order valence-corrected chi connectivity index (χ1v) is 9.41. The van der Waals surface area contributed by atoms with Gasteiger partial charge in [0.05, 0.1) is 19.6 Å². The number of methoxy groups -OCH3 is 1. The Morgan fingerprint density at radius 2 is 1.71 bits per heavy atom. The maximum atomic E-state index is 12.5. The molecule has 0 spiro atoms. The van der Waals surface area contributed by atoms with E-state index in [4.69, 9.17) is 9.47 Å². The molecular formula is C22H25NO5. The van der Waals surface area contributed by atoms with Gasteiger partial charge < -0.3 is 19.5 Å². The van der Waals surface area contributed by atoms with E-state index in [9.17, 15) is 14.7 Å². The molecule has 2 aromatic rings. The van der Waals surface area contributed by atoms with Gasteiger partial charge in [0.25, 0.3) is 0 Å². The van der Waals surface area contributed by atoms with Crippen LogP contribution in [0, 0.1) is 5.92 Å². The standard InChI is InChI=1S/C22H25NO5/c1-27-17-9-11-18(12-10-17)28-13-5-8-21(24)23-14-19(20(15-23)22(25)26)16-6-3-2-4-7-16/h2-4,6-7,9-12,19-20H,5,8,13-15H2,1H3,(H,25,26). The van der Waals surface area contributed by atoms with Gasteiger partial charge in [-0.15, -0.1) is 0 Å². The molecule has 0 aliphatic carbocycles. The quantitative estimate of drug-likeness (QED) is 0.709. The normalized spacial score (nSPS) is 18.7. The number of benzene rings is 2. The van der Waals surface area contributed by atoms with E-state index < -0.39 is 11.9 Å². The minimum Gasteiger partial charge on any atom is -0.497 e. The molecule has 148 valence electrons. The molecular weight excluding hydrogens is 358 g/mol. The zero-order chi connectivity index (χ0) is 19.9. The summed E-state index contributed by atoms with van der Waals surface area (Å²) in [5.41, 5.74) is 0.966. The van der Waals surface area contributed by atoms with Gasteiger partial charge in [0, 0.05) is 25.4 Å². The van der Waals surface area contributed by atoms with Crippen molar-refractivity contribution < 1.29 is 24.2 Å². The van der Waals surface area contributed by atoms with Crippen molar-refractivity contribution in [2.75, 3.05) is 26.8 Å². The van der Waals surface area contributed by atoms with Crippen molar-refractivity contribution in [1.29, 1.82) is 0 Å². The number of rotatable bonds is 8. The van der Waals surface area contributed by atoms with Gasteiger partial charge in [-0.3, -0.25) is 9.59 Å². The summed E-state index contributed by atoms with van der Waals surface area (Å²) >= 11 is 0. The van der Waals surface area contributed by atoms with Crippen LogP contribution in [0.5, 0.6) is 11.5 Å². The van der Waals surface area contributed by atoms with Crippen LogP contribution in [-0.2, 0) is 9.59 Å². The first-order chi connectivity index (χ1) is 13.6. The molecule has 28 heavy (non-hydrogen) atoms. The van der Waals surface area contributed by atoms with Crippen molar-refractivity contribution in [3.05, 3.63) is 60.2 Å². The third-order valence-corrected chi connectivity index (χ3v) is 5.08. The van der Waals surface area contributed by atoms with Gasteiger partial charge in [0.15, 0.2) is 0 Å². The Kier molecular flexibility index (Phi) is 6.53. The fourth-order valence-electron chi connectivity index (χ4n) is 3.54. The molecule has 1 fully saturated rings. The van der Waals surface area contributed by atoms with Crippen LogP contribution < -0.4 is 9.47 Å². The average molecular weight is 383 g/mol. The maximum Gasteiger partial charge on any atom is 0.308 e. The van der Waals surface area contributed by atoms with E-state index in [1.807, 2.05) is 54.6 Å². The van der Waals surface area contributed by atoms with Crippen molar-refractivity contribution in [2.24, 2.45) is 5.92 Å². The number of hydrogen-bond acceptors (Lipinski definition) is 4. The highest BCUT2D eigenvalue weighted by Gasteiger charge is 2.40. The Morgan fingerprint density at radius 1 is 1.04 bits per heavy atom. The number of carboxylic acid groups (broad SMARTS) is 1. The van der Waals surface area contributed by atoms with Crippen molar-refractivity contribution in [3.63, 3.8) is 0 Å². The molecule has 1 saturated heterocycles. The highest BCUT2D eigenvalue weighted by atomic mass is 16.5. The van der Waals surface area contributed by atoms with E-state index >= 15 is 0 Å². The summed E-state index contributed by atoms with van der Waals surface area (Å²) in [6.07, 6.45) is 0.916. The summed E-state index contributed by atoms with van der Waals surface area (Å²) in [5, 5.41) is 9.56. The second-order valence-corrected chi connectivity index (χ2v) is 6.89. The average Bonchev–Trinajstić information content (AvgIpc) is 3.18. The SMILES string of the molecule is COc1ccc(OCCCC(=O)N2CC(C(=O)O)C(c3ccccc3)C2)cc1. The predicted octanol–water partition coefficient (Wildman–Crippen LogP) is 3.18. The van der Waals surface area contributed by atoms with E-state index in [2.05, 4.69) is 0 Å². The van der Waals surface area contributed by atoms with Crippen LogP contribution in [0.1, 0.15) is 24.3 Å². The van der Waals surface area contributed by atoms with Gasteiger partial charge in [-0.2, -0.15) is 0 Å². The zero-order valence-corrected chi connectivity index (χ0v) is 15.9. The van der Waals surface area contributed by atoms with Crippen LogP contribution in [0.15, 0.2) is 54.6 Å². The zero-order valence-electron chi connectivity index (χ0n) is 15.9. The van der Waals surface area contributed by atoms with Gasteiger partial charge in [-0.05, 0) is 36.2 Å². The summed E-state index contributed by atoms with van der Waals surface area (Å²) in [7, 11) is 1.61. The van der Waals surface area contributed by atoms with Crippen molar-refractivity contribution in [1.82, 2.24) is 4.90 Å². The molecule has 1 heterocycles. The van der Waals surface area contributed by atoms with Gasteiger partial charge in [-0.1, -0.05) is 30.3 Å². The molecule has 1 aliphatic rings. The van der Waals surface area contributed by atoms with Crippen molar-refractivity contribution in [3.8, 4) is 11.5 Å². The van der Waals surface area contributed by atoms with Crippen molar-refractivity contribution in [2.45, 2.75) is 18.8 Å². The van der Waals surface area contributed by atoms with Crippen LogP contribution in [0.2, 0.25) is 0 Å². The van der Waals surface area contributed by atoms with E-state index in [-0.39, 0.29) is 18.4 Å². The molecule has 1 N–H and O–H groups in total. The lowest BCUT2D eigenvalue weighted by molar-refractivity contribution is -0.141. The monoisotopic (exact) mass is 383 g/mol. The molecule has 6 nitrogen and oxygen atoms in total. The molecule has 3 rings (SSSR count). The van der Waals surface area contributed by atoms with Crippen LogP contribution in [-0.4, -0.2) is 48.7 Å². The summed E-state index contributed by atoms with van der Waals surface area (Å²) < 4.78 is 10.7. The highest BCUT2D eigenvalue weighted by molar-refractivity contribution is 5.79. The molecule has 6 heteroatoms. The second-order valence-electron chi connectivity index (χ2n) is 6.89. The molecule has 0 bridgehead atoms. The Hall–Kier alpha value is -3.02. The lowest BCUT2D eigenvalue weighted by Crippen LogP contribution is -2.30. The fourth-order valence-corrected chi connectivity index (χ4v) is 3.54. The lowest BCUT2D eigenvalue weighted by Gasteiger charge is -2.16. The summed E-state index contributed by atoms with van der Waals surface area (Å²) in [5.74, 6) is -0.128. The predicted molar refractivity (Wildman–Crippen MR) is 105 cm³/mol. The maximum absolute atomic E-state index is 12.5. The number of carboxylic acids is 1. The van der Waals surface area contributed by atoms with Gasteiger partial charge >= 0.3 is 5.97 Å². The highest BCUT2D eigenvalue weighted by Crippen LogP contribution is 2.33. The minimum absolute atomic E-state index is 0.0250. The van der Waals surface area contributed by atoms with Gasteiger partial charge in [0.2, 0.25) is 5.91 Å². The van der Waals surface area contributed by atoms with E-state index in [0.29, 0.717) is 26.0 Å². The van der Waals surface area contributed by atoms with Crippen molar-refractivity contribution >= 4 is 11.9 Å². The van der Waals surface area contributed by atoms with E-state index in [1.165, 1.54) is 0 Å². The summed E-state index contributed by atoms with van der Waals surface area (Å²) in [6, 6.07) is 16.8. The lowest BCUT2D eigenvalue weighted by atomic mass is 9.89. The number of carbonyl (C=O) groups excluding carboxylic acids is 1. The minimum atomic E-state index is -0.855. The molecule has 0 radical (unpaired) electrons. The van der Waals surface area contributed by atoms with Crippen LogP contribution in [0.25, 0.3) is 0 Å². The number of amides is 1. The van der Waals surface area contributed by atoms with Gasteiger partial charge in [-0.25, -0.2) is 0 Å². The Labute approximate surface area is 164 Å². The molecule has 0 aromatic heterocycles. The number of aliphatic carboxylic acids is 1. The molecule has 2 aromatic carbocycles. The number of carbonyl (C=O) groups is 2. The number of ether oxygens (including phenoxy) is 2. The molecule has 2 unspecified atom stereocenters. The van der Waals surface area contributed by atoms with E-state index in [0.717, 1.165) is 17.1 Å². The molecule has 0 saturated carbocycles. The Morgan fingerprint density at radius 3 is 2.36 bits per heavy atom. The van der Waals surface area contributed by atoms with Gasteiger partial charge in [0.1, 0.15) is 11.5 Å². The molecule has 2 atom stereocenters.